The van der Waals surface area contributed by atoms with Gasteiger partial charge in [0.2, 0.25) is 0 Å². The number of anilines is 1. The van der Waals surface area contributed by atoms with Gasteiger partial charge < -0.3 is 10.0 Å². The van der Waals surface area contributed by atoms with Gasteiger partial charge >= 0.3 is 5.97 Å². The van der Waals surface area contributed by atoms with Crippen LogP contribution >= 0.6 is 22.7 Å². The van der Waals surface area contributed by atoms with Gasteiger partial charge in [0.1, 0.15) is 4.88 Å². The molecule has 1 N–H and O–H groups in total. The number of aromatic carboxylic acids is 1. The van der Waals surface area contributed by atoms with E-state index < -0.39 is 5.97 Å². The largest absolute Gasteiger partial charge is 0.477 e. The third kappa shape index (κ3) is 3.63. The Labute approximate surface area is 133 Å². The summed E-state index contributed by atoms with van der Waals surface area (Å²) in [6, 6.07) is 4.12. The first-order valence-electron chi connectivity index (χ1n) is 7.08. The van der Waals surface area contributed by atoms with E-state index in [1.165, 1.54) is 16.2 Å². The van der Waals surface area contributed by atoms with Crippen molar-refractivity contribution in [3.63, 3.8) is 0 Å². The molecule has 2 aromatic heterocycles. The molecule has 2 heterocycles. The molecule has 6 heteroatoms. The molecule has 4 nitrogen and oxygen atoms in total. The summed E-state index contributed by atoms with van der Waals surface area (Å²) < 4.78 is 0. The molecule has 0 radical (unpaired) electrons. The summed E-state index contributed by atoms with van der Waals surface area (Å²) in [6.45, 7) is 7.74. The van der Waals surface area contributed by atoms with Crippen molar-refractivity contribution >= 4 is 33.8 Å². The van der Waals surface area contributed by atoms with Gasteiger partial charge in [-0.05, 0) is 30.7 Å². The van der Waals surface area contributed by atoms with E-state index in [0.717, 1.165) is 30.3 Å². The van der Waals surface area contributed by atoms with Gasteiger partial charge in [-0.15, -0.1) is 11.3 Å². The minimum Gasteiger partial charge on any atom is -0.477 e. The van der Waals surface area contributed by atoms with E-state index in [1.807, 2.05) is 13.0 Å². The number of nitrogens with zero attached hydrogens (tertiary/aromatic N) is 2. The van der Waals surface area contributed by atoms with Crippen LogP contribution in [-0.4, -0.2) is 22.6 Å². The second-order valence-corrected chi connectivity index (χ2v) is 6.93. The average molecular weight is 324 g/mol. The molecule has 0 bridgehead atoms. The quantitative estimate of drug-likeness (QED) is 0.818. The maximum atomic E-state index is 11.4. The summed E-state index contributed by atoms with van der Waals surface area (Å²) in [6.07, 6.45) is 0.889. The highest BCUT2D eigenvalue weighted by molar-refractivity contribution is 7.17. The van der Waals surface area contributed by atoms with Crippen LogP contribution in [0.2, 0.25) is 0 Å². The van der Waals surface area contributed by atoms with Crippen LogP contribution in [0.5, 0.6) is 0 Å². The van der Waals surface area contributed by atoms with Crippen LogP contribution < -0.4 is 4.90 Å². The number of hydrogen-bond donors (Lipinski definition) is 1. The van der Waals surface area contributed by atoms with Crippen molar-refractivity contribution in [2.24, 2.45) is 0 Å². The number of carboxylic acid groups (broad SMARTS) is 1. The number of carbonyl (C=O) groups is 1. The highest BCUT2D eigenvalue weighted by Crippen LogP contribution is 2.33. The zero-order chi connectivity index (χ0) is 15.4. The lowest BCUT2D eigenvalue weighted by Gasteiger charge is -2.18. The van der Waals surface area contributed by atoms with Crippen molar-refractivity contribution < 1.29 is 9.90 Å². The smallest absolute Gasteiger partial charge is 0.347 e. The number of carboxylic acids is 1. The fourth-order valence-corrected chi connectivity index (χ4v) is 3.85. The van der Waals surface area contributed by atoms with E-state index in [9.17, 15) is 9.90 Å². The highest BCUT2D eigenvalue weighted by atomic mass is 32.1. The van der Waals surface area contributed by atoms with Gasteiger partial charge in [0.15, 0.2) is 5.13 Å². The van der Waals surface area contributed by atoms with Gasteiger partial charge in [-0.25, -0.2) is 9.78 Å². The molecule has 0 aromatic carbocycles. The van der Waals surface area contributed by atoms with E-state index in [1.54, 1.807) is 11.3 Å². The predicted octanol–water partition coefficient (Wildman–Crippen LogP) is 4.44. The molecule has 0 saturated heterocycles. The van der Waals surface area contributed by atoms with Crippen LogP contribution in [0, 0.1) is 0 Å². The van der Waals surface area contributed by atoms with E-state index in [4.69, 9.17) is 0 Å². The van der Waals surface area contributed by atoms with Crippen molar-refractivity contribution in [3.8, 4) is 0 Å². The number of hydrogen-bond acceptors (Lipinski definition) is 5. The zero-order valence-electron chi connectivity index (χ0n) is 12.5. The molecule has 114 valence electrons. The molecule has 1 atom stereocenters. The Bertz CT molecular complexity index is 593. The molecule has 0 aliphatic heterocycles. The maximum Gasteiger partial charge on any atom is 0.347 e. The summed E-state index contributed by atoms with van der Waals surface area (Å²) in [7, 11) is 0. The number of rotatable bonds is 7. The molecule has 0 fully saturated rings. The normalized spacial score (nSPS) is 12.3. The first-order chi connectivity index (χ1) is 10.1. The Balaban J connectivity index is 2.31. The molecule has 2 rings (SSSR count). The minimum absolute atomic E-state index is 0.168. The summed E-state index contributed by atoms with van der Waals surface area (Å²) >= 11 is 2.99. The van der Waals surface area contributed by atoms with Crippen LogP contribution in [-0.2, 0) is 6.54 Å². The van der Waals surface area contributed by atoms with Crippen LogP contribution in [0.4, 0.5) is 5.13 Å². The average Bonchev–Trinajstić information content (AvgIpc) is 3.12. The summed E-state index contributed by atoms with van der Waals surface area (Å²) in [5.41, 5.74) is 0.717. The van der Waals surface area contributed by atoms with Crippen molar-refractivity contribution in [2.45, 2.75) is 39.7 Å². The van der Waals surface area contributed by atoms with E-state index in [2.05, 4.69) is 35.2 Å². The lowest BCUT2D eigenvalue weighted by Crippen LogP contribution is -2.21. The van der Waals surface area contributed by atoms with Gasteiger partial charge in [-0.2, -0.15) is 0 Å². The molecule has 0 aliphatic carbocycles. The zero-order valence-corrected chi connectivity index (χ0v) is 14.1. The second kappa shape index (κ2) is 7.04. The topological polar surface area (TPSA) is 53.4 Å². The van der Waals surface area contributed by atoms with Gasteiger partial charge in [-0.1, -0.05) is 31.3 Å². The molecular formula is C15H20N2O2S2. The lowest BCUT2D eigenvalue weighted by molar-refractivity contribution is 0.0700. The first-order valence-corrected chi connectivity index (χ1v) is 8.77. The number of thiazole rings is 1. The summed E-state index contributed by atoms with van der Waals surface area (Å²) in [4.78, 5) is 19.8. The second-order valence-electron chi connectivity index (χ2n) is 4.92. The minimum atomic E-state index is -0.874. The van der Waals surface area contributed by atoms with E-state index in [0.29, 0.717) is 4.88 Å². The Kier molecular flexibility index (Phi) is 5.36. The van der Waals surface area contributed by atoms with E-state index >= 15 is 0 Å². The SMILES string of the molecule is CCC(C)c1nc(N(CC)Cc2cccs2)sc1C(=O)O. The molecule has 0 spiro atoms. The van der Waals surface area contributed by atoms with Gasteiger partial charge in [0, 0.05) is 11.4 Å². The van der Waals surface area contributed by atoms with Crippen molar-refractivity contribution in [1.82, 2.24) is 4.98 Å². The van der Waals surface area contributed by atoms with Crippen LogP contribution in [0.3, 0.4) is 0 Å². The van der Waals surface area contributed by atoms with Crippen molar-refractivity contribution in [1.29, 1.82) is 0 Å². The molecule has 1 unspecified atom stereocenters. The molecular weight excluding hydrogens is 304 g/mol. The number of aromatic nitrogens is 1. The number of thiophene rings is 1. The maximum absolute atomic E-state index is 11.4. The van der Waals surface area contributed by atoms with Gasteiger partial charge in [0.25, 0.3) is 0 Å². The standard InChI is InChI=1S/C15H20N2O2S2/c1-4-10(3)12-13(14(18)19)21-15(16-12)17(5-2)9-11-7-6-8-20-11/h6-8,10H,4-5,9H2,1-3H3,(H,18,19). The van der Waals surface area contributed by atoms with Gasteiger partial charge in [0.05, 0.1) is 12.2 Å². The van der Waals surface area contributed by atoms with Crippen LogP contribution in [0.15, 0.2) is 17.5 Å². The molecule has 0 saturated carbocycles. The third-order valence-electron chi connectivity index (χ3n) is 3.49. The lowest BCUT2D eigenvalue weighted by atomic mass is 10.0. The van der Waals surface area contributed by atoms with Gasteiger partial charge in [-0.3, -0.25) is 0 Å². The fraction of sp³-hybridized carbons (Fsp3) is 0.467. The fourth-order valence-electron chi connectivity index (χ4n) is 2.04. The summed E-state index contributed by atoms with van der Waals surface area (Å²) in [5.74, 6) is -0.706. The Hall–Kier alpha value is -1.40. The van der Waals surface area contributed by atoms with Crippen molar-refractivity contribution in [2.75, 3.05) is 11.4 Å². The van der Waals surface area contributed by atoms with Crippen molar-refractivity contribution in [3.05, 3.63) is 33.0 Å². The molecule has 0 aliphatic rings. The Morgan fingerprint density at radius 2 is 2.24 bits per heavy atom. The third-order valence-corrected chi connectivity index (χ3v) is 5.48. The monoisotopic (exact) mass is 324 g/mol. The summed E-state index contributed by atoms with van der Waals surface area (Å²) in [5, 5.41) is 12.2. The van der Waals surface area contributed by atoms with Crippen LogP contribution in [0.1, 0.15) is 53.4 Å². The molecule has 0 amide bonds. The first kappa shape index (κ1) is 16.0. The molecule has 21 heavy (non-hydrogen) atoms. The van der Waals surface area contributed by atoms with Crippen LogP contribution in [0.25, 0.3) is 0 Å². The molecule has 2 aromatic rings. The Morgan fingerprint density at radius 1 is 1.48 bits per heavy atom. The van der Waals surface area contributed by atoms with E-state index in [-0.39, 0.29) is 5.92 Å². The Morgan fingerprint density at radius 3 is 2.76 bits per heavy atom. The predicted molar refractivity (Wildman–Crippen MR) is 88.8 cm³/mol. The highest BCUT2D eigenvalue weighted by Gasteiger charge is 2.23.